The Morgan fingerprint density at radius 3 is 2.38 bits per heavy atom. The third-order valence-corrected chi connectivity index (χ3v) is 6.21. The molecular weight excluding hydrogens is 545 g/mol. The quantitative estimate of drug-likeness (QED) is 0.257. The molecule has 4 aromatic rings. The van der Waals surface area contributed by atoms with Gasteiger partial charge in [-0.3, -0.25) is 9.97 Å². The number of hydrogen-bond donors (Lipinski definition) is 3. The molecule has 2 amide bonds. The minimum absolute atomic E-state index is 0.0477. The number of halogens is 3. The van der Waals surface area contributed by atoms with Crippen molar-refractivity contribution in [3.63, 3.8) is 0 Å². The zero-order chi connectivity index (χ0) is 28.3. The number of carbonyl (C=O) groups excluding carboxylic acids is 2. The van der Waals surface area contributed by atoms with Crippen LogP contribution < -0.4 is 20.1 Å². The molecule has 0 fully saturated rings. The molecule has 4 rings (SSSR count). The van der Waals surface area contributed by atoms with Gasteiger partial charge in [0.05, 0.1) is 42.2 Å². The first kappa shape index (κ1) is 27.1. The van der Waals surface area contributed by atoms with Gasteiger partial charge in [0, 0.05) is 36.0 Å². The van der Waals surface area contributed by atoms with Crippen molar-refractivity contribution < 1.29 is 46.9 Å². The van der Waals surface area contributed by atoms with Gasteiger partial charge in [0.1, 0.15) is 17.0 Å². The largest absolute Gasteiger partial charge is 0.493 e. The second-order valence-corrected chi connectivity index (χ2v) is 8.46. The number of carboxylic acid groups (broad SMARTS) is 1. The lowest BCUT2D eigenvalue weighted by atomic mass is 10.1. The predicted molar refractivity (Wildman–Crippen MR) is 132 cm³/mol. The number of hydrogen-bond acceptors (Lipinski definition) is 9. The van der Waals surface area contributed by atoms with E-state index in [1.54, 1.807) is 0 Å². The van der Waals surface area contributed by atoms with Crippen LogP contribution in [0.1, 0.15) is 25.6 Å². The van der Waals surface area contributed by atoms with Gasteiger partial charge in [-0.1, -0.05) is 0 Å². The molecule has 0 aliphatic heterocycles. The summed E-state index contributed by atoms with van der Waals surface area (Å²) in [5.74, 6) is -6.03. The summed E-state index contributed by atoms with van der Waals surface area (Å²) in [7, 11) is 2.28. The molecule has 0 radical (unpaired) electrons. The van der Waals surface area contributed by atoms with Crippen LogP contribution in [0.5, 0.6) is 11.5 Å². The highest BCUT2D eigenvalue weighted by Crippen LogP contribution is 2.35. The van der Waals surface area contributed by atoms with Gasteiger partial charge in [0.15, 0.2) is 29.0 Å². The van der Waals surface area contributed by atoms with Crippen LogP contribution in [-0.4, -0.2) is 47.3 Å². The topological polar surface area (TPSA) is 149 Å². The van der Waals surface area contributed by atoms with Crippen LogP contribution in [-0.2, 0) is 11.3 Å². The lowest BCUT2D eigenvalue weighted by molar-refractivity contribution is 0.0589. The maximum absolute atomic E-state index is 14.7. The number of thiophene rings is 1. The van der Waals surface area contributed by atoms with Crippen LogP contribution in [0.2, 0.25) is 0 Å². The number of methoxy groups -OCH3 is 2. The second kappa shape index (κ2) is 11.2. The van der Waals surface area contributed by atoms with Gasteiger partial charge in [0.2, 0.25) is 0 Å². The lowest BCUT2D eigenvalue weighted by Crippen LogP contribution is -2.21. The number of fused-ring (bicyclic) bond motifs is 1. The Morgan fingerprint density at radius 2 is 1.69 bits per heavy atom. The first-order valence-electron chi connectivity index (χ1n) is 10.7. The summed E-state index contributed by atoms with van der Waals surface area (Å²) in [6.07, 6.45) is 2.60. The van der Waals surface area contributed by atoms with E-state index >= 15 is 0 Å². The van der Waals surface area contributed by atoms with Crippen molar-refractivity contribution in [2.45, 2.75) is 6.61 Å². The molecule has 3 N–H and O–H groups in total. The number of carboxylic acids is 1. The van der Waals surface area contributed by atoms with E-state index < -0.39 is 53.3 Å². The molecule has 0 saturated carbocycles. The number of amides is 2. The molecule has 0 spiro atoms. The molecule has 39 heavy (non-hydrogen) atoms. The summed E-state index contributed by atoms with van der Waals surface area (Å²) >= 11 is 0.728. The predicted octanol–water partition coefficient (Wildman–Crippen LogP) is 4.83. The first-order valence-corrected chi connectivity index (χ1v) is 11.6. The number of rotatable bonds is 8. The minimum Gasteiger partial charge on any atom is -0.493 e. The summed E-state index contributed by atoms with van der Waals surface area (Å²) in [4.78, 5) is 43.7. The van der Waals surface area contributed by atoms with E-state index in [9.17, 15) is 32.7 Å². The Hall–Kier alpha value is -4.92. The van der Waals surface area contributed by atoms with Gasteiger partial charge in [-0.15, -0.1) is 11.3 Å². The van der Waals surface area contributed by atoms with Crippen molar-refractivity contribution in [2.24, 2.45) is 0 Å². The maximum atomic E-state index is 14.7. The Balaban J connectivity index is 1.58. The molecular formula is C24H17F3N4O7S. The van der Waals surface area contributed by atoms with E-state index in [0.717, 1.165) is 36.6 Å². The van der Waals surface area contributed by atoms with E-state index in [0.29, 0.717) is 0 Å². The number of ether oxygens (including phenoxy) is 3. The number of carbonyl (C=O) groups is 3. The number of benzene rings is 2. The van der Waals surface area contributed by atoms with Gasteiger partial charge in [-0.05, 0) is 0 Å². The Labute approximate surface area is 221 Å². The molecule has 0 aliphatic carbocycles. The number of aromatic carboxylic acids is 1. The average Bonchev–Trinajstić information content (AvgIpc) is 3.33. The van der Waals surface area contributed by atoms with Crippen molar-refractivity contribution in [3.8, 4) is 11.5 Å². The highest BCUT2D eigenvalue weighted by atomic mass is 32.1. The molecule has 2 aromatic carbocycles. The van der Waals surface area contributed by atoms with Gasteiger partial charge < -0.3 is 30.0 Å². The molecule has 11 nitrogen and oxygen atoms in total. The van der Waals surface area contributed by atoms with Crippen LogP contribution in [0.3, 0.4) is 0 Å². The second-order valence-electron chi connectivity index (χ2n) is 7.58. The fraction of sp³-hybridized carbons (Fsp3) is 0.125. The van der Waals surface area contributed by atoms with Crippen molar-refractivity contribution in [1.82, 2.24) is 9.97 Å². The highest BCUT2D eigenvalue weighted by molar-refractivity contribution is 7.13. The van der Waals surface area contributed by atoms with Crippen LogP contribution in [0.4, 0.5) is 29.3 Å². The summed E-state index contributed by atoms with van der Waals surface area (Å²) in [5, 5.41) is 15.1. The normalized spacial score (nSPS) is 10.7. The lowest BCUT2D eigenvalue weighted by Gasteiger charge is -2.15. The van der Waals surface area contributed by atoms with E-state index in [1.807, 2.05) is 0 Å². The van der Waals surface area contributed by atoms with Gasteiger partial charge in [0.25, 0.3) is 0 Å². The van der Waals surface area contributed by atoms with E-state index in [1.165, 1.54) is 24.9 Å². The smallest absolute Gasteiger partial charge is 0.349 e. The fourth-order valence-electron chi connectivity index (χ4n) is 3.48. The van der Waals surface area contributed by atoms with Crippen LogP contribution >= 0.6 is 11.3 Å². The monoisotopic (exact) mass is 562 g/mol. The number of anilines is 2. The zero-order valence-corrected chi connectivity index (χ0v) is 20.8. The molecule has 2 heterocycles. The zero-order valence-electron chi connectivity index (χ0n) is 20.0. The van der Waals surface area contributed by atoms with Crippen LogP contribution in [0, 0.1) is 17.5 Å². The summed E-state index contributed by atoms with van der Waals surface area (Å²) in [5.41, 5.74) is -1.28. The van der Waals surface area contributed by atoms with Crippen molar-refractivity contribution in [2.75, 3.05) is 24.9 Å². The Kier molecular flexibility index (Phi) is 7.80. The fourth-order valence-corrected chi connectivity index (χ4v) is 4.39. The van der Waals surface area contributed by atoms with Crippen molar-refractivity contribution in [1.29, 1.82) is 0 Å². The molecule has 0 saturated heterocycles. The number of nitrogens with one attached hydrogen (secondary N) is 2. The van der Waals surface area contributed by atoms with E-state index in [2.05, 4.69) is 25.3 Å². The molecule has 15 heteroatoms. The average molecular weight is 562 g/mol. The summed E-state index contributed by atoms with van der Waals surface area (Å²) in [6.45, 7) is -0.556. The number of nitrogens with zero attached hydrogens (tertiary/aromatic N) is 2. The van der Waals surface area contributed by atoms with Gasteiger partial charge >= 0.3 is 18.0 Å². The first-order chi connectivity index (χ1) is 18.6. The molecule has 202 valence electrons. The Morgan fingerprint density at radius 1 is 0.974 bits per heavy atom. The SMILES string of the molecule is COC(=O)c1scc(NC(=O)Nc2cc(OCc3c(F)c(F)cc4nccnc34)c(OC)cc2F)c1C(=O)O. The van der Waals surface area contributed by atoms with Crippen molar-refractivity contribution >= 4 is 51.7 Å². The van der Waals surface area contributed by atoms with E-state index in [-0.39, 0.29) is 38.7 Å². The van der Waals surface area contributed by atoms with Crippen LogP contribution in [0.15, 0.2) is 36.0 Å². The molecule has 0 bridgehead atoms. The number of esters is 1. The standard InChI is InChI=1S/C24H17F3N4O7S/c1-36-16-6-11(25)13(30-24(35)31-15-9-39-21(23(34)37-2)18(15)22(32)33)7-17(16)38-8-10-19(27)12(26)5-14-20(10)29-4-3-28-14/h3-7,9H,8H2,1-2H3,(H,32,33)(H2,30,31,35). The minimum atomic E-state index is -1.50. The van der Waals surface area contributed by atoms with Crippen molar-refractivity contribution in [3.05, 3.63) is 69.4 Å². The van der Waals surface area contributed by atoms with E-state index in [4.69, 9.17) is 9.47 Å². The number of aromatic nitrogens is 2. The van der Waals surface area contributed by atoms with Gasteiger partial charge in [-0.2, -0.15) is 0 Å². The molecule has 0 aliphatic rings. The Bertz CT molecular complexity index is 1610. The summed E-state index contributed by atoms with van der Waals surface area (Å²) in [6, 6.07) is 1.74. The maximum Gasteiger partial charge on any atom is 0.349 e. The van der Waals surface area contributed by atoms with Crippen LogP contribution in [0.25, 0.3) is 11.0 Å². The third kappa shape index (κ3) is 5.52. The molecule has 2 aromatic heterocycles. The molecule has 0 unspecified atom stereocenters. The summed E-state index contributed by atoms with van der Waals surface area (Å²) < 4.78 is 58.5. The van der Waals surface area contributed by atoms with Gasteiger partial charge in [-0.25, -0.2) is 27.6 Å². The molecule has 0 atom stereocenters. The highest BCUT2D eigenvalue weighted by Gasteiger charge is 2.25. The third-order valence-electron chi connectivity index (χ3n) is 5.25. The number of urea groups is 1.